The summed E-state index contributed by atoms with van der Waals surface area (Å²) in [5, 5.41) is 0.579. The minimum Gasteiger partial charge on any atom is -0.494 e. The molecule has 138 valence electrons. The molecule has 0 aromatic heterocycles. The Hall–Kier alpha value is -2.73. The molecule has 0 fully saturated rings. The van der Waals surface area contributed by atoms with Crippen LogP contribution in [0.15, 0.2) is 48.5 Å². The lowest BCUT2D eigenvalue weighted by atomic mass is 10.2. The van der Waals surface area contributed by atoms with Gasteiger partial charge in [-0.25, -0.2) is 0 Å². The Balaban J connectivity index is 1.73. The van der Waals surface area contributed by atoms with Gasteiger partial charge in [-0.2, -0.15) is 0 Å². The van der Waals surface area contributed by atoms with E-state index in [-0.39, 0.29) is 6.61 Å². The smallest absolute Gasteiger partial charge is 0.276 e. The van der Waals surface area contributed by atoms with Crippen molar-refractivity contribution in [3.8, 4) is 11.5 Å². The fraction of sp³-hybridized carbons (Fsp3) is 0.263. The van der Waals surface area contributed by atoms with Crippen molar-refractivity contribution >= 4 is 23.4 Å². The van der Waals surface area contributed by atoms with Gasteiger partial charge in [0.05, 0.1) is 6.61 Å². The van der Waals surface area contributed by atoms with E-state index in [1.807, 2.05) is 0 Å². The SMILES string of the molecule is CCCCOc1ccc(C(=O)NNC(=O)COc2ccc(Cl)cc2)cc1. The van der Waals surface area contributed by atoms with Crippen LogP contribution in [0.5, 0.6) is 11.5 Å². The van der Waals surface area contributed by atoms with Gasteiger partial charge < -0.3 is 9.47 Å². The van der Waals surface area contributed by atoms with Crippen LogP contribution in [0.3, 0.4) is 0 Å². The molecule has 2 rings (SSSR count). The lowest BCUT2D eigenvalue weighted by Crippen LogP contribution is -2.43. The number of ether oxygens (including phenoxy) is 2. The zero-order valence-electron chi connectivity index (χ0n) is 14.5. The van der Waals surface area contributed by atoms with Gasteiger partial charge in [0, 0.05) is 10.6 Å². The number of hydrogen-bond acceptors (Lipinski definition) is 4. The third-order valence-corrected chi connectivity index (χ3v) is 3.63. The second-order valence-electron chi connectivity index (χ2n) is 5.47. The molecule has 0 aliphatic carbocycles. The average molecular weight is 377 g/mol. The molecular formula is C19H21ClN2O4. The molecule has 0 aliphatic heterocycles. The number of rotatable bonds is 8. The van der Waals surface area contributed by atoms with Gasteiger partial charge >= 0.3 is 0 Å². The van der Waals surface area contributed by atoms with Crippen molar-refractivity contribution in [2.75, 3.05) is 13.2 Å². The van der Waals surface area contributed by atoms with Crippen LogP contribution in [-0.2, 0) is 4.79 Å². The molecule has 0 radical (unpaired) electrons. The van der Waals surface area contributed by atoms with E-state index in [9.17, 15) is 9.59 Å². The van der Waals surface area contributed by atoms with Crippen LogP contribution in [0.2, 0.25) is 5.02 Å². The first-order valence-electron chi connectivity index (χ1n) is 8.29. The van der Waals surface area contributed by atoms with Crippen molar-refractivity contribution in [3.05, 3.63) is 59.1 Å². The maximum atomic E-state index is 12.0. The Bertz CT molecular complexity index is 717. The van der Waals surface area contributed by atoms with E-state index in [0.717, 1.165) is 12.8 Å². The zero-order chi connectivity index (χ0) is 18.8. The maximum Gasteiger partial charge on any atom is 0.276 e. The molecule has 2 aromatic rings. The van der Waals surface area contributed by atoms with Crippen LogP contribution < -0.4 is 20.3 Å². The summed E-state index contributed by atoms with van der Waals surface area (Å²) in [7, 11) is 0. The lowest BCUT2D eigenvalue weighted by molar-refractivity contribution is -0.123. The van der Waals surface area contributed by atoms with Crippen molar-refractivity contribution in [2.24, 2.45) is 0 Å². The highest BCUT2D eigenvalue weighted by atomic mass is 35.5. The predicted octanol–water partition coefficient (Wildman–Crippen LogP) is 3.36. The van der Waals surface area contributed by atoms with Gasteiger partial charge in [0.1, 0.15) is 11.5 Å². The van der Waals surface area contributed by atoms with Crippen LogP contribution in [0, 0.1) is 0 Å². The molecule has 0 aliphatic rings. The van der Waals surface area contributed by atoms with E-state index < -0.39 is 11.8 Å². The number of hydrogen-bond donors (Lipinski definition) is 2. The molecule has 0 saturated carbocycles. The molecule has 26 heavy (non-hydrogen) atoms. The van der Waals surface area contributed by atoms with Crippen LogP contribution in [0.4, 0.5) is 0 Å². The van der Waals surface area contributed by atoms with Gasteiger partial charge in [-0.3, -0.25) is 20.4 Å². The molecule has 2 aromatic carbocycles. The molecule has 2 N–H and O–H groups in total. The number of benzene rings is 2. The van der Waals surface area contributed by atoms with E-state index in [0.29, 0.717) is 28.7 Å². The van der Waals surface area contributed by atoms with Gasteiger partial charge in [-0.15, -0.1) is 0 Å². The second-order valence-corrected chi connectivity index (χ2v) is 5.91. The molecule has 0 saturated heterocycles. The van der Waals surface area contributed by atoms with Gasteiger partial charge in [-0.05, 0) is 55.0 Å². The van der Waals surface area contributed by atoms with E-state index in [4.69, 9.17) is 21.1 Å². The van der Waals surface area contributed by atoms with E-state index >= 15 is 0 Å². The largest absolute Gasteiger partial charge is 0.494 e. The molecule has 0 unspecified atom stereocenters. The number of nitrogens with one attached hydrogen (secondary N) is 2. The summed E-state index contributed by atoms with van der Waals surface area (Å²) in [6.45, 7) is 2.50. The van der Waals surface area contributed by atoms with Crippen molar-refractivity contribution in [1.29, 1.82) is 0 Å². The topological polar surface area (TPSA) is 76.7 Å². The van der Waals surface area contributed by atoms with Crippen LogP contribution >= 0.6 is 11.6 Å². The normalized spacial score (nSPS) is 10.1. The van der Waals surface area contributed by atoms with Gasteiger partial charge in [0.15, 0.2) is 6.61 Å². The summed E-state index contributed by atoms with van der Waals surface area (Å²) >= 11 is 5.77. The fourth-order valence-electron chi connectivity index (χ4n) is 1.95. The highest BCUT2D eigenvalue weighted by molar-refractivity contribution is 6.30. The quantitative estimate of drug-likeness (QED) is 0.547. The summed E-state index contributed by atoms with van der Waals surface area (Å²) in [6, 6.07) is 13.3. The van der Waals surface area contributed by atoms with E-state index in [2.05, 4.69) is 17.8 Å². The van der Waals surface area contributed by atoms with Gasteiger partial charge in [0.25, 0.3) is 11.8 Å². The molecule has 0 bridgehead atoms. The Morgan fingerprint density at radius 2 is 1.54 bits per heavy atom. The molecule has 7 heteroatoms. The van der Waals surface area contributed by atoms with Crippen LogP contribution in [0.25, 0.3) is 0 Å². The molecule has 6 nitrogen and oxygen atoms in total. The van der Waals surface area contributed by atoms with Crippen LogP contribution in [-0.4, -0.2) is 25.0 Å². The summed E-state index contributed by atoms with van der Waals surface area (Å²) in [6.07, 6.45) is 2.04. The molecule has 0 spiro atoms. The zero-order valence-corrected chi connectivity index (χ0v) is 15.2. The highest BCUT2D eigenvalue weighted by Gasteiger charge is 2.08. The number of carbonyl (C=O) groups excluding carboxylic acids is 2. The first-order chi connectivity index (χ1) is 12.6. The average Bonchev–Trinajstić information content (AvgIpc) is 2.66. The number of hydrazine groups is 1. The Labute approximate surface area is 157 Å². The minimum absolute atomic E-state index is 0.230. The third kappa shape index (κ3) is 6.64. The van der Waals surface area contributed by atoms with Crippen molar-refractivity contribution in [1.82, 2.24) is 10.9 Å². The summed E-state index contributed by atoms with van der Waals surface area (Å²) in [4.78, 5) is 23.7. The summed E-state index contributed by atoms with van der Waals surface area (Å²) in [5.41, 5.74) is 5.04. The first kappa shape index (κ1) is 19.6. The maximum absolute atomic E-state index is 12.0. The van der Waals surface area contributed by atoms with Crippen molar-refractivity contribution in [3.63, 3.8) is 0 Å². The first-order valence-corrected chi connectivity index (χ1v) is 8.66. The van der Waals surface area contributed by atoms with E-state index in [1.165, 1.54) is 0 Å². The Morgan fingerprint density at radius 3 is 2.19 bits per heavy atom. The summed E-state index contributed by atoms with van der Waals surface area (Å²) in [5.74, 6) is 0.308. The summed E-state index contributed by atoms with van der Waals surface area (Å²) < 4.78 is 10.8. The highest BCUT2D eigenvalue weighted by Crippen LogP contribution is 2.15. The monoisotopic (exact) mass is 376 g/mol. The Morgan fingerprint density at radius 1 is 0.923 bits per heavy atom. The molecule has 0 atom stereocenters. The second kappa shape index (κ2) is 10.3. The predicted molar refractivity (Wildman–Crippen MR) is 99.4 cm³/mol. The van der Waals surface area contributed by atoms with Crippen molar-refractivity contribution in [2.45, 2.75) is 19.8 Å². The molecule has 0 heterocycles. The van der Waals surface area contributed by atoms with Gasteiger partial charge in [0.2, 0.25) is 0 Å². The van der Waals surface area contributed by atoms with Gasteiger partial charge in [-0.1, -0.05) is 24.9 Å². The molecular weight excluding hydrogens is 356 g/mol. The number of carbonyl (C=O) groups is 2. The standard InChI is InChI=1S/C19H21ClN2O4/c1-2-3-12-25-16-8-4-14(5-9-16)19(24)22-21-18(23)13-26-17-10-6-15(20)7-11-17/h4-11H,2-3,12-13H2,1H3,(H,21,23)(H,22,24). The Kier molecular flexibility index (Phi) is 7.76. The third-order valence-electron chi connectivity index (χ3n) is 3.38. The molecule has 2 amide bonds. The van der Waals surface area contributed by atoms with Crippen LogP contribution in [0.1, 0.15) is 30.1 Å². The fourth-order valence-corrected chi connectivity index (χ4v) is 2.08. The number of halogens is 1. The number of amides is 2. The van der Waals surface area contributed by atoms with E-state index in [1.54, 1.807) is 48.5 Å². The lowest BCUT2D eigenvalue weighted by Gasteiger charge is -2.09. The number of unbranched alkanes of at least 4 members (excludes halogenated alkanes) is 1. The van der Waals surface area contributed by atoms with Crippen molar-refractivity contribution < 1.29 is 19.1 Å². The minimum atomic E-state index is -0.479.